The Morgan fingerprint density at radius 3 is 2.71 bits per heavy atom. The number of rotatable bonds is 5. The molecule has 0 spiro atoms. The summed E-state index contributed by atoms with van der Waals surface area (Å²) in [6, 6.07) is 4.52. The highest BCUT2D eigenvalue weighted by Crippen LogP contribution is 2.30. The number of aliphatic hydroxyl groups excluding tert-OH is 1. The molecule has 1 aromatic heterocycles. The van der Waals surface area contributed by atoms with Gasteiger partial charge in [0.05, 0.1) is 7.11 Å². The second-order valence-corrected chi connectivity index (χ2v) is 4.45. The molecule has 0 saturated carbocycles. The SMILES string of the molecule is COC(=O)C(O)C(O)(OC)c1ccc2c(C=O)c[nH]c2c1. The first kappa shape index (κ1) is 15.2. The Balaban J connectivity index is 2.51. The van der Waals surface area contributed by atoms with Crippen LogP contribution in [0.3, 0.4) is 0 Å². The Kier molecular flexibility index (Phi) is 4.08. The normalized spacial score (nSPS) is 15.4. The fraction of sp³-hybridized carbons (Fsp3) is 0.286. The summed E-state index contributed by atoms with van der Waals surface area (Å²) in [6.07, 6.45) is 0.305. The van der Waals surface area contributed by atoms with Crippen molar-refractivity contribution in [3.05, 3.63) is 35.5 Å². The highest BCUT2D eigenvalue weighted by Gasteiger charge is 2.43. The third-order valence-electron chi connectivity index (χ3n) is 3.36. The van der Waals surface area contributed by atoms with Crippen LogP contribution in [0.25, 0.3) is 10.9 Å². The maximum atomic E-state index is 11.4. The van der Waals surface area contributed by atoms with Crippen LogP contribution < -0.4 is 0 Å². The molecule has 2 aromatic rings. The van der Waals surface area contributed by atoms with Gasteiger partial charge in [-0.15, -0.1) is 0 Å². The number of aliphatic hydroxyl groups is 2. The molecule has 0 amide bonds. The monoisotopic (exact) mass is 293 g/mol. The predicted molar refractivity (Wildman–Crippen MR) is 72.6 cm³/mol. The van der Waals surface area contributed by atoms with Crippen molar-refractivity contribution in [1.29, 1.82) is 0 Å². The molecule has 0 aliphatic heterocycles. The molecule has 1 aromatic carbocycles. The third kappa shape index (κ3) is 2.42. The number of carbonyl (C=O) groups excluding carboxylic acids is 2. The molecule has 0 radical (unpaired) electrons. The number of nitrogens with one attached hydrogen (secondary N) is 1. The van der Waals surface area contributed by atoms with Gasteiger partial charge in [0.1, 0.15) is 0 Å². The van der Waals surface area contributed by atoms with E-state index in [1.807, 2.05) is 0 Å². The van der Waals surface area contributed by atoms with Crippen molar-refractivity contribution in [3.63, 3.8) is 0 Å². The van der Waals surface area contributed by atoms with E-state index in [4.69, 9.17) is 4.74 Å². The summed E-state index contributed by atoms with van der Waals surface area (Å²) < 4.78 is 9.32. The van der Waals surface area contributed by atoms with Gasteiger partial charge in [-0.05, 0) is 6.07 Å². The van der Waals surface area contributed by atoms with Crippen molar-refractivity contribution in [1.82, 2.24) is 4.98 Å². The van der Waals surface area contributed by atoms with Gasteiger partial charge in [-0.2, -0.15) is 0 Å². The van der Waals surface area contributed by atoms with Gasteiger partial charge in [0, 0.05) is 35.3 Å². The molecular formula is C14H15NO6. The number of hydrogen-bond acceptors (Lipinski definition) is 6. The Hall–Kier alpha value is -2.22. The van der Waals surface area contributed by atoms with Gasteiger partial charge >= 0.3 is 5.97 Å². The summed E-state index contributed by atoms with van der Waals surface area (Å²) in [5, 5.41) is 21.0. The molecule has 0 saturated heterocycles. The lowest BCUT2D eigenvalue weighted by molar-refractivity contribution is -0.254. The summed E-state index contributed by atoms with van der Waals surface area (Å²) in [4.78, 5) is 25.2. The Bertz CT molecular complexity index is 679. The van der Waals surface area contributed by atoms with E-state index in [9.17, 15) is 19.8 Å². The summed E-state index contributed by atoms with van der Waals surface area (Å²) in [7, 11) is 2.24. The van der Waals surface area contributed by atoms with Crippen LogP contribution in [0.15, 0.2) is 24.4 Å². The second-order valence-electron chi connectivity index (χ2n) is 4.45. The van der Waals surface area contributed by atoms with Crippen LogP contribution in [0.4, 0.5) is 0 Å². The predicted octanol–water partition coefficient (Wildman–Crippen LogP) is 0.306. The number of fused-ring (bicyclic) bond motifs is 1. The number of ether oxygens (including phenoxy) is 2. The molecule has 7 heteroatoms. The molecule has 3 N–H and O–H groups in total. The van der Waals surface area contributed by atoms with Gasteiger partial charge in [-0.25, -0.2) is 4.79 Å². The third-order valence-corrected chi connectivity index (χ3v) is 3.36. The lowest BCUT2D eigenvalue weighted by Gasteiger charge is -2.30. The standard InChI is InChI=1S/C14H15NO6/c1-20-13(18)12(17)14(19,21-2)9-3-4-10-8(7-16)6-15-11(10)5-9/h3-7,12,15,17,19H,1-2H3. The minimum atomic E-state index is -2.26. The minimum absolute atomic E-state index is 0.148. The lowest BCUT2D eigenvalue weighted by atomic mass is 9.98. The van der Waals surface area contributed by atoms with Crippen LogP contribution >= 0.6 is 0 Å². The molecule has 2 rings (SSSR count). The van der Waals surface area contributed by atoms with E-state index in [0.29, 0.717) is 22.8 Å². The van der Waals surface area contributed by atoms with Crippen LogP contribution in [0, 0.1) is 0 Å². The van der Waals surface area contributed by atoms with Crippen LogP contribution in [-0.4, -0.2) is 47.8 Å². The van der Waals surface area contributed by atoms with Crippen molar-refractivity contribution in [2.24, 2.45) is 0 Å². The van der Waals surface area contributed by atoms with Gasteiger partial charge in [-0.1, -0.05) is 12.1 Å². The number of H-pyrrole nitrogens is 1. The van der Waals surface area contributed by atoms with E-state index in [1.54, 1.807) is 6.07 Å². The molecule has 7 nitrogen and oxygen atoms in total. The average Bonchev–Trinajstić information content (AvgIpc) is 2.94. The highest BCUT2D eigenvalue weighted by molar-refractivity contribution is 5.97. The van der Waals surface area contributed by atoms with E-state index in [-0.39, 0.29) is 5.56 Å². The number of carbonyl (C=O) groups is 2. The number of aldehydes is 1. The number of aromatic nitrogens is 1. The van der Waals surface area contributed by atoms with Crippen LogP contribution in [0.1, 0.15) is 15.9 Å². The molecule has 0 fully saturated rings. The number of methoxy groups -OCH3 is 2. The molecule has 21 heavy (non-hydrogen) atoms. The maximum Gasteiger partial charge on any atom is 0.340 e. The van der Waals surface area contributed by atoms with E-state index in [1.165, 1.54) is 18.3 Å². The molecule has 2 atom stereocenters. The lowest BCUT2D eigenvalue weighted by Crippen LogP contribution is -2.46. The van der Waals surface area contributed by atoms with Gasteiger partial charge in [-0.3, -0.25) is 4.79 Å². The van der Waals surface area contributed by atoms with E-state index >= 15 is 0 Å². The zero-order valence-corrected chi connectivity index (χ0v) is 11.5. The smallest absolute Gasteiger partial charge is 0.340 e. The first-order valence-electron chi connectivity index (χ1n) is 6.08. The molecule has 0 bridgehead atoms. The quantitative estimate of drug-likeness (QED) is 0.416. The fourth-order valence-electron chi connectivity index (χ4n) is 2.13. The fourth-order valence-corrected chi connectivity index (χ4v) is 2.13. The highest BCUT2D eigenvalue weighted by atomic mass is 16.6. The van der Waals surface area contributed by atoms with Crippen molar-refractivity contribution < 1.29 is 29.3 Å². The Labute approximate surface area is 120 Å². The van der Waals surface area contributed by atoms with Crippen LogP contribution in [0.2, 0.25) is 0 Å². The van der Waals surface area contributed by atoms with Gasteiger partial charge in [0.2, 0.25) is 11.9 Å². The second kappa shape index (κ2) is 5.65. The Morgan fingerprint density at radius 1 is 1.43 bits per heavy atom. The zero-order valence-electron chi connectivity index (χ0n) is 11.5. The van der Waals surface area contributed by atoms with Crippen molar-refractivity contribution in [2.45, 2.75) is 11.9 Å². The molecule has 0 aliphatic carbocycles. The van der Waals surface area contributed by atoms with E-state index in [2.05, 4.69) is 9.72 Å². The molecule has 0 aliphatic rings. The summed E-state index contributed by atoms with van der Waals surface area (Å²) in [6.45, 7) is 0. The average molecular weight is 293 g/mol. The topological polar surface area (TPSA) is 109 Å². The summed E-state index contributed by atoms with van der Waals surface area (Å²) in [5.74, 6) is -3.28. The van der Waals surface area contributed by atoms with Crippen molar-refractivity contribution in [2.75, 3.05) is 14.2 Å². The first-order valence-corrected chi connectivity index (χ1v) is 6.08. The zero-order chi connectivity index (χ0) is 15.6. The molecule has 1 heterocycles. The summed E-state index contributed by atoms with van der Waals surface area (Å²) >= 11 is 0. The van der Waals surface area contributed by atoms with Gasteiger partial charge in [0.25, 0.3) is 0 Å². The Morgan fingerprint density at radius 2 is 2.14 bits per heavy atom. The number of esters is 1. The van der Waals surface area contributed by atoms with Crippen molar-refractivity contribution in [3.8, 4) is 0 Å². The van der Waals surface area contributed by atoms with Gasteiger partial charge in [0.15, 0.2) is 6.29 Å². The summed E-state index contributed by atoms with van der Waals surface area (Å²) in [5.41, 5.74) is 1.17. The largest absolute Gasteiger partial charge is 0.467 e. The first-order chi connectivity index (χ1) is 9.97. The molecule has 112 valence electrons. The maximum absolute atomic E-state index is 11.4. The number of aromatic amines is 1. The molecule has 2 unspecified atom stereocenters. The van der Waals surface area contributed by atoms with E-state index < -0.39 is 17.9 Å². The van der Waals surface area contributed by atoms with Crippen LogP contribution in [-0.2, 0) is 20.1 Å². The number of hydrogen-bond donors (Lipinski definition) is 3. The van der Waals surface area contributed by atoms with Crippen LogP contribution in [0.5, 0.6) is 0 Å². The van der Waals surface area contributed by atoms with Crippen molar-refractivity contribution >= 4 is 23.2 Å². The number of benzene rings is 1. The van der Waals surface area contributed by atoms with E-state index in [0.717, 1.165) is 14.2 Å². The molecular weight excluding hydrogens is 278 g/mol. The minimum Gasteiger partial charge on any atom is -0.467 e. The van der Waals surface area contributed by atoms with Gasteiger partial charge < -0.3 is 24.7 Å².